The number of rotatable bonds is 4. The molecular weight excluding hydrogens is 358 g/mol. The number of hydrogen-bond acceptors (Lipinski definition) is 4. The summed E-state index contributed by atoms with van der Waals surface area (Å²) in [7, 11) is 0. The van der Waals surface area contributed by atoms with Crippen LogP contribution in [0.2, 0.25) is 5.02 Å². The second kappa shape index (κ2) is 7.25. The Morgan fingerprint density at radius 3 is 2.63 bits per heavy atom. The molecule has 1 atom stereocenters. The van der Waals surface area contributed by atoms with Gasteiger partial charge in [-0.15, -0.1) is 0 Å². The summed E-state index contributed by atoms with van der Waals surface area (Å²) in [6, 6.07) is 20.6. The monoisotopic (exact) mass is 375 g/mol. The van der Waals surface area contributed by atoms with Crippen molar-refractivity contribution in [3.8, 4) is 5.75 Å². The van der Waals surface area contributed by atoms with Crippen LogP contribution in [0.5, 0.6) is 5.75 Å². The van der Waals surface area contributed by atoms with Crippen LogP contribution in [0, 0.1) is 6.92 Å². The van der Waals surface area contributed by atoms with Crippen LogP contribution >= 0.6 is 11.6 Å². The lowest BCUT2D eigenvalue weighted by Gasteiger charge is -2.22. The maximum atomic E-state index is 11.0. The normalized spacial score (nSPS) is 12.1. The van der Waals surface area contributed by atoms with Gasteiger partial charge in [-0.1, -0.05) is 41.9 Å². The molecule has 0 saturated carbocycles. The summed E-state index contributed by atoms with van der Waals surface area (Å²) in [5.41, 5.74) is 3.78. The van der Waals surface area contributed by atoms with Crippen molar-refractivity contribution in [1.82, 2.24) is 9.97 Å². The van der Waals surface area contributed by atoms with E-state index < -0.39 is 0 Å². The Morgan fingerprint density at radius 1 is 1.00 bits per heavy atom. The largest absolute Gasteiger partial charge is 0.505 e. The predicted molar refractivity (Wildman–Crippen MR) is 109 cm³/mol. The third-order valence-corrected chi connectivity index (χ3v) is 4.67. The number of pyridine rings is 2. The Labute approximate surface area is 162 Å². The first-order valence-electron chi connectivity index (χ1n) is 8.64. The molecule has 4 aromatic rings. The molecule has 0 unspecified atom stereocenters. The standard InChI is InChI=1S/C22H18ClN3O/c1-14-8-9-15-10-11-18(22(27)20(15)25-14)21(19-7-2-3-12-24-19)26-17-6-4-5-16(23)13-17/h2-13,21,26-27H,1H3/t21-/m1/s1. The van der Waals surface area contributed by atoms with Crippen LogP contribution in [0.15, 0.2) is 72.9 Å². The summed E-state index contributed by atoms with van der Waals surface area (Å²) in [6.07, 6.45) is 1.74. The third-order valence-electron chi connectivity index (χ3n) is 4.44. The van der Waals surface area contributed by atoms with Gasteiger partial charge in [-0.2, -0.15) is 0 Å². The van der Waals surface area contributed by atoms with Crippen molar-refractivity contribution in [3.63, 3.8) is 0 Å². The molecular formula is C22H18ClN3O. The Kier molecular flexibility index (Phi) is 4.65. The predicted octanol–water partition coefficient (Wildman–Crippen LogP) is 5.50. The molecule has 27 heavy (non-hydrogen) atoms. The van der Waals surface area contributed by atoms with Gasteiger partial charge >= 0.3 is 0 Å². The summed E-state index contributed by atoms with van der Waals surface area (Å²) in [5, 5.41) is 16.0. The highest BCUT2D eigenvalue weighted by molar-refractivity contribution is 6.30. The Balaban J connectivity index is 1.86. The van der Waals surface area contributed by atoms with Gasteiger partial charge in [-0.05, 0) is 43.3 Å². The molecule has 134 valence electrons. The van der Waals surface area contributed by atoms with Gasteiger partial charge in [0.1, 0.15) is 11.3 Å². The van der Waals surface area contributed by atoms with Crippen LogP contribution in [0.1, 0.15) is 23.0 Å². The van der Waals surface area contributed by atoms with Crippen molar-refractivity contribution in [3.05, 3.63) is 94.9 Å². The smallest absolute Gasteiger partial charge is 0.147 e. The Hall–Kier alpha value is -3.11. The number of anilines is 1. The summed E-state index contributed by atoms with van der Waals surface area (Å²) in [4.78, 5) is 9.00. The van der Waals surface area contributed by atoms with E-state index in [1.165, 1.54) is 0 Å². The maximum Gasteiger partial charge on any atom is 0.147 e. The van der Waals surface area contributed by atoms with Crippen molar-refractivity contribution < 1.29 is 5.11 Å². The second-order valence-electron chi connectivity index (χ2n) is 6.37. The van der Waals surface area contributed by atoms with E-state index in [2.05, 4.69) is 15.3 Å². The van der Waals surface area contributed by atoms with E-state index in [4.69, 9.17) is 11.6 Å². The minimum Gasteiger partial charge on any atom is -0.505 e. The molecule has 5 heteroatoms. The van der Waals surface area contributed by atoms with Crippen LogP contribution in [-0.4, -0.2) is 15.1 Å². The van der Waals surface area contributed by atoms with Crippen LogP contribution in [-0.2, 0) is 0 Å². The third kappa shape index (κ3) is 3.57. The molecule has 0 fully saturated rings. The van der Waals surface area contributed by atoms with E-state index in [9.17, 15) is 5.11 Å². The molecule has 0 amide bonds. The molecule has 0 saturated heterocycles. The number of fused-ring (bicyclic) bond motifs is 1. The quantitative estimate of drug-likeness (QED) is 0.494. The SMILES string of the molecule is Cc1ccc2ccc([C@@H](Nc3cccc(Cl)c3)c3ccccn3)c(O)c2n1. The van der Waals surface area contributed by atoms with Crippen molar-refractivity contribution in [1.29, 1.82) is 0 Å². The van der Waals surface area contributed by atoms with Crippen molar-refractivity contribution in [2.24, 2.45) is 0 Å². The highest BCUT2D eigenvalue weighted by atomic mass is 35.5. The van der Waals surface area contributed by atoms with Gasteiger partial charge in [-0.25, -0.2) is 4.98 Å². The fourth-order valence-corrected chi connectivity index (χ4v) is 3.31. The molecule has 2 heterocycles. The number of aryl methyl sites for hydroxylation is 1. The number of benzene rings is 2. The number of hydrogen-bond donors (Lipinski definition) is 2. The van der Waals surface area contributed by atoms with E-state index in [1.54, 1.807) is 6.20 Å². The lowest BCUT2D eigenvalue weighted by molar-refractivity contribution is 0.471. The molecule has 0 radical (unpaired) electrons. The van der Waals surface area contributed by atoms with Gasteiger partial charge < -0.3 is 10.4 Å². The molecule has 0 aliphatic carbocycles. The summed E-state index contributed by atoms with van der Waals surface area (Å²) in [6.45, 7) is 1.91. The lowest BCUT2D eigenvalue weighted by atomic mass is 9.99. The Bertz CT molecular complexity index is 1100. The number of aromatic hydroxyl groups is 1. The zero-order chi connectivity index (χ0) is 18.8. The highest BCUT2D eigenvalue weighted by Gasteiger charge is 2.21. The molecule has 2 N–H and O–H groups in total. The zero-order valence-corrected chi connectivity index (χ0v) is 15.5. The van der Waals surface area contributed by atoms with Crippen molar-refractivity contribution in [2.75, 3.05) is 5.32 Å². The van der Waals surface area contributed by atoms with Crippen molar-refractivity contribution >= 4 is 28.2 Å². The second-order valence-corrected chi connectivity index (χ2v) is 6.81. The van der Waals surface area contributed by atoms with E-state index in [1.807, 2.05) is 73.7 Å². The first-order chi connectivity index (χ1) is 13.1. The summed E-state index contributed by atoms with van der Waals surface area (Å²) < 4.78 is 0. The maximum absolute atomic E-state index is 11.0. The topological polar surface area (TPSA) is 58.0 Å². The van der Waals surface area contributed by atoms with Gasteiger partial charge in [0.05, 0.1) is 11.7 Å². The fraction of sp³-hybridized carbons (Fsp3) is 0.0909. The van der Waals surface area contributed by atoms with E-state index >= 15 is 0 Å². The average molecular weight is 376 g/mol. The molecule has 0 spiro atoms. The highest BCUT2D eigenvalue weighted by Crippen LogP contribution is 2.36. The molecule has 0 aliphatic rings. The van der Waals surface area contributed by atoms with Crippen LogP contribution in [0.4, 0.5) is 5.69 Å². The number of phenolic OH excluding ortho intramolecular Hbond substituents is 1. The first-order valence-corrected chi connectivity index (χ1v) is 9.02. The average Bonchev–Trinajstić information content (AvgIpc) is 2.68. The number of phenols is 1. The summed E-state index contributed by atoms with van der Waals surface area (Å²) >= 11 is 6.13. The minimum atomic E-state index is -0.351. The molecule has 2 aromatic carbocycles. The zero-order valence-electron chi connectivity index (χ0n) is 14.7. The van der Waals surface area contributed by atoms with Gasteiger partial charge in [-0.3, -0.25) is 4.98 Å². The number of aromatic nitrogens is 2. The van der Waals surface area contributed by atoms with E-state index in [-0.39, 0.29) is 11.8 Å². The number of nitrogens with one attached hydrogen (secondary N) is 1. The van der Waals surface area contributed by atoms with Crippen LogP contribution in [0.25, 0.3) is 10.9 Å². The van der Waals surface area contributed by atoms with E-state index in [0.29, 0.717) is 16.1 Å². The van der Waals surface area contributed by atoms with Gasteiger partial charge in [0.2, 0.25) is 0 Å². The lowest BCUT2D eigenvalue weighted by Crippen LogP contribution is -2.14. The molecule has 4 nitrogen and oxygen atoms in total. The number of nitrogens with zero attached hydrogens (tertiary/aromatic N) is 2. The molecule has 2 aromatic heterocycles. The van der Waals surface area contributed by atoms with Gasteiger partial charge in [0.15, 0.2) is 0 Å². The molecule has 0 aliphatic heterocycles. The van der Waals surface area contributed by atoms with Gasteiger partial charge in [0.25, 0.3) is 0 Å². The fourth-order valence-electron chi connectivity index (χ4n) is 3.12. The van der Waals surface area contributed by atoms with Crippen LogP contribution in [0.3, 0.4) is 0 Å². The van der Waals surface area contributed by atoms with Gasteiger partial charge in [0, 0.05) is 33.6 Å². The minimum absolute atomic E-state index is 0.154. The number of halogens is 1. The first kappa shape index (κ1) is 17.3. The van der Waals surface area contributed by atoms with Crippen molar-refractivity contribution in [2.45, 2.75) is 13.0 Å². The van der Waals surface area contributed by atoms with Crippen LogP contribution < -0.4 is 5.32 Å². The van der Waals surface area contributed by atoms with E-state index in [0.717, 1.165) is 22.5 Å². The summed E-state index contributed by atoms with van der Waals surface area (Å²) in [5.74, 6) is 0.154. The molecule has 0 bridgehead atoms. The molecule has 4 rings (SSSR count). The Morgan fingerprint density at radius 2 is 1.85 bits per heavy atom.